The van der Waals surface area contributed by atoms with E-state index in [1.807, 2.05) is 17.9 Å². The zero-order valence-electron chi connectivity index (χ0n) is 15.9. The van der Waals surface area contributed by atoms with Gasteiger partial charge in [-0.15, -0.1) is 0 Å². The van der Waals surface area contributed by atoms with E-state index in [1.165, 1.54) is 18.2 Å². The third-order valence-electron chi connectivity index (χ3n) is 4.40. The molecule has 2 aromatic carbocycles. The van der Waals surface area contributed by atoms with Gasteiger partial charge in [0.25, 0.3) is 11.6 Å². The summed E-state index contributed by atoms with van der Waals surface area (Å²) in [7, 11) is 0. The van der Waals surface area contributed by atoms with Crippen molar-refractivity contribution in [1.29, 1.82) is 0 Å². The molecule has 1 fully saturated rings. The summed E-state index contributed by atoms with van der Waals surface area (Å²) in [5, 5.41) is 14.1. The molecular weight excluding hydrogens is 378 g/mol. The van der Waals surface area contributed by atoms with Crippen LogP contribution in [0.5, 0.6) is 0 Å². The van der Waals surface area contributed by atoms with Crippen LogP contribution in [0.25, 0.3) is 0 Å². The van der Waals surface area contributed by atoms with Crippen LogP contribution in [0.15, 0.2) is 42.5 Å². The fraction of sp³-hybridized carbons (Fsp3) is 0.300. The lowest BCUT2D eigenvalue weighted by Crippen LogP contribution is -2.36. The lowest BCUT2D eigenvalue weighted by Gasteiger charge is -2.28. The van der Waals surface area contributed by atoms with Gasteiger partial charge in [0, 0.05) is 24.8 Å². The van der Waals surface area contributed by atoms with Crippen LogP contribution in [-0.2, 0) is 14.3 Å². The van der Waals surface area contributed by atoms with E-state index in [0.717, 1.165) is 5.56 Å². The number of amides is 1. The molecule has 0 bridgehead atoms. The first-order valence-corrected chi connectivity index (χ1v) is 9.09. The van der Waals surface area contributed by atoms with Gasteiger partial charge in [0.05, 0.1) is 23.7 Å². The summed E-state index contributed by atoms with van der Waals surface area (Å²) in [5.74, 6) is -1.30. The molecule has 0 aliphatic carbocycles. The van der Waals surface area contributed by atoms with Crippen LogP contribution in [0.2, 0.25) is 0 Å². The molecule has 0 unspecified atom stereocenters. The van der Waals surface area contributed by atoms with Gasteiger partial charge in [-0.05, 0) is 36.8 Å². The zero-order valence-corrected chi connectivity index (χ0v) is 15.9. The number of nitrogens with one attached hydrogen (secondary N) is 1. The molecule has 9 nitrogen and oxygen atoms in total. The molecular formula is C20H21N3O6. The lowest BCUT2D eigenvalue weighted by atomic mass is 10.1. The van der Waals surface area contributed by atoms with E-state index in [2.05, 4.69) is 5.32 Å². The summed E-state index contributed by atoms with van der Waals surface area (Å²) in [5.41, 5.74) is 1.82. The second kappa shape index (κ2) is 9.16. The van der Waals surface area contributed by atoms with Gasteiger partial charge in [-0.3, -0.25) is 14.9 Å². The SMILES string of the molecule is Cc1cccc(NC(=O)COC(=O)c2ccc(N3CCOCC3)c([N+](=O)[O-])c2)c1. The summed E-state index contributed by atoms with van der Waals surface area (Å²) in [4.78, 5) is 37.0. The van der Waals surface area contributed by atoms with Crippen LogP contribution >= 0.6 is 0 Å². The lowest BCUT2D eigenvalue weighted by molar-refractivity contribution is -0.384. The van der Waals surface area contributed by atoms with E-state index in [0.29, 0.717) is 37.7 Å². The second-order valence-corrected chi connectivity index (χ2v) is 6.55. The van der Waals surface area contributed by atoms with Crippen molar-refractivity contribution in [3.8, 4) is 0 Å². The first kappa shape index (κ1) is 20.3. The Labute approximate surface area is 167 Å². The monoisotopic (exact) mass is 399 g/mol. The van der Waals surface area contributed by atoms with E-state index < -0.39 is 23.4 Å². The van der Waals surface area contributed by atoms with Crippen molar-refractivity contribution in [2.24, 2.45) is 0 Å². The predicted molar refractivity (Wildman–Crippen MR) is 106 cm³/mol. The summed E-state index contributed by atoms with van der Waals surface area (Å²) < 4.78 is 10.3. The van der Waals surface area contributed by atoms with E-state index in [4.69, 9.17) is 9.47 Å². The highest BCUT2D eigenvalue weighted by molar-refractivity contribution is 5.96. The van der Waals surface area contributed by atoms with Gasteiger partial charge in [-0.25, -0.2) is 4.79 Å². The topological polar surface area (TPSA) is 111 Å². The normalized spacial score (nSPS) is 13.6. The van der Waals surface area contributed by atoms with Crippen LogP contribution in [0.1, 0.15) is 15.9 Å². The van der Waals surface area contributed by atoms with Gasteiger partial charge in [-0.1, -0.05) is 12.1 Å². The smallest absolute Gasteiger partial charge is 0.338 e. The van der Waals surface area contributed by atoms with E-state index in [-0.39, 0.29) is 11.3 Å². The van der Waals surface area contributed by atoms with Crippen molar-refractivity contribution < 1.29 is 24.0 Å². The van der Waals surface area contributed by atoms with Crippen LogP contribution in [0.4, 0.5) is 17.1 Å². The molecule has 1 aliphatic heterocycles. The average Bonchev–Trinajstić information content (AvgIpc) is 2.72. The van der Waals surface area contributed by atoms with Crippen LogP contribution < -0.4 is 10.2 Å². The summed E-state index contributed by atoms with van der Waals surface area (Å²) in [6.07, 6.45) is 0. The molecule has 9 heteroatoms. The van der Waals surface area contributed by atoms with Gasteiger partial charge in [0.2, 0.25) is 0 Å². The number of hydrogen-bond donors (Lipinski definition) is 1. The van der Waals surface area contributed by atoms with Crippen LogP contribution in [-0.4, -0.2) is 49.7 Å². The Hall–Kier alpha value is -3.46. The molecule has 3 rings (SSSR count). The fourth-order valence-corrected chi connectivity index (χ4v) is 3.00. The number of ether oxygens (including phenoxy) is 2. The number of anilines is 2. The van der Waals surface area contributed by atoms with Gasteiger partial charge in [0.1, 0.15) is 5.69 Å². The quantitative estimate of drug-likeness (QED) is 0.451. The second-order valence-electron chi connectivity index (χ2n) is 6.55. The van der Waals surface area contributed by atoms with Crippen molar-refractivity contribution in [3.05, 3.63) is 63.7 Å². The minimum atomic E-state index is -0.805. The molecule has 0 radical (unpaired) electrons. The minimum Gasteiger partial charge on any atom is -0.452 e. The predicted octanol–water partition coefficient (Wildman–Crippen LogP) is 2.54. The third kappa shape index (κ3) is 5.29. The zero-order chi connectivity index (χ0) is 20.8. The maximum absolute atomic E-state index is 12.3. The number of aryl methyl sites for hydroxylation is 1. The number of hydrogen-bond acceptors (Lipinski definition) is 7. The Bertz CT molecular complexity index is 924. The number of nitro groups is 1. The van der Waals surface area contributed by atoms with Crippen LogP contribution in [0.3, 0.4) is 0 Å². The molecule has 2 aromatic rings. The molecule has 1 amide bonds. The first-order chi connectivity index (χ1) is 13.9. The first-order valence-electron chi connectivity index (χ1n) is 9.09. The molecule has 152 valence electrons. The Morgan fingerprint density at radius 1 is 1.21 bits per heavy atom. The van der Waals surface area contributed by atoms with Gasteiger partial charge >= 0.3 is 5.97 Å². The highest BCUT2D eigenvalue weighted by atomic mass is 16.6. The number of nitro benzene ring substituents is 1. The number of carbonyl (C=O) groups is 2. The molecule has 0 spiro atoms. The number of nitrogens with zero attached hydrogens (tertiary/aromatic N) is 2. The van der Waals surface area contributed by atoms with E-state index in [1.54, 1.807) is 18.2 Å². The third-order valence-corrected chi connectivity index (χ3v) is 4.40. The Morgan fingerprint density at radius 3 is 2.66 bits per heavy atom. The molecule has 1 N–H and O–H groups in total. The Balaban J connectivity index is 1.64. The van der Waals surface area contributed by atoms with E-state index in [9.17, 15) is 19.7 Å². The molecule has 29 heavy (non-hydrogen) atoms. The maximum Gasteiger partial charge on any atom is 0.338 e. The number of esters is 1. The summed E-state index contributed by atoms with van der Waals surface area (Å²) >= 11 is 0. The number of rotatable bonds is 6. The fourth-order valence-electron chi connectivity index (χ4n) is 3.00. The summed E-state index contributed by atoms with van der Waals surface area (Å²) in [6, 6.07) is 11.3. The van der Waals surface area contributed by atoms with E-state index >= 15 is 0 Å². The molecule has 0 aromatic heterocycles. The van der Waals surface area contributed by atoms with Gasteiger partial charge < -0.3 is 19.7 Å². The average molecular weight is 399 g/mol. The van der Waals surface area contributed by atoms with Crippen molar-refractivity contribution in [3.63, 3.8) is 0 Å². The standard InChI is InChI=1S/C20H21N3O6/c1-14-3-2-4-16(11-14)21-19(24)13-29-20(25)15-5-6-17(18(12-15)23(26)27)22-7-9-28-10-8-22/h2-6,11-12H,7-10,13H2,1H3,(H,21,24). The van der Waals surface area contributed by atoms with Crippen molar-refractivity contribution in [2.75, 3.05) is 43.1 Å². The Kier molecular flexibility index (Phi) is 6.40. The largest absolute Gasteiger partial charge is 0.452 e. The molecule has 1 heterocycles. The van der Waals surface area contributed by atoms with Gasteiger partial charge in [-0.2, -0.15) is 0 Å². The van der Waals surface area contributed by atoms with Crippen LogP contribution in [0, 0.1) is 17.0 Å². The van der Waals surface area contributed by atoms with Gasteiger partial charge in [0.15, 0.2) is 6.61 Å². The molecule has 0 atom stereocenters. The molecule has 1 aliphatic rings. The highest BCUT2D eigenvalue weighted by Crippen LogP contribution is 2.30. The molecule has 0 saturated carbocycles. The number of carbonyl (C=O) groups excluding carboxylic acids is 2. The number of morpholine rings is 1. The minimum absolute atomic E-state index is 0.0112. The summed E-state index contributed by atoms with van der Waals surface area (Å²) in [6.45, 7) is 3.43. The number of benzene rings is 2. The van der Waals surface area contributed by atoms with Crippen molar-refractivity contribution in [2.45, 2.75) is 6.92 Å². The van der Waals surface area contributed by atoms with Crippen molar-refractivity contribution >= 4 is 28.9 Å². The van der Waals surface area contributed by atoms with Crippen molar-refractivity contribution in [1.82, 2.24) is 0 Å². The Morgan fingerprint density at radius 2 is 1.97 bits per heavy atom. The highest BCUT2D eigenvalue weighted by Gasteiger charge is 2.24. The maximum atomic E-state index is 12.3. The molecule has 1 saturated heterocycles.